The van der Waals surface area contributed by atoms with Crippen LogP contribution in [0.4, 0.5) is 5.69 Å². The van der Waals surface area contributed by atoms with Crippen molar-refractivity contribution in [2.24, 2.45) is 5.92 Å². The Morgan fingerprint density at radius 3 is 2.24 bits per heavy atom. The lowest BCUT2D eigenvalue weighted by atomic mass is 9.98. The number of anilines is 1. The molecule has 2 aromatic rings. The van der Waals surface area contributed by atoms with E-state index in [4.69, 9.17) is 0 Å². The van der Waals surface area contributed by atoms with E-state index >= 15 is 0 Å². The van der Waals surface area contributed by atoms with Gasteiger partial charge in [-0.1, -0.05) is 60.9 Å². The van der Waals surface area contributed by atoms with Crippen LogP contribution in [0.25, 0.3) is 0 Å². The fourth-order valence-corrected chi connectivity index (χ4v) is 4.93. The zero-order chi connectivity index (χ0) is 20.1. The van der Waals surface area contributed by atoms with Crippen LogP contribution in [0, 0.1) is 12.8 Å². The van der Waals surface area contributed by atoms with E-state index in [9.17, 15) is 4.79 Å². The van der Waals surface area contributed by atoms with Gasteiger partial charge in [0.05, 0.1) is 0 Å². The van der Waals surface area contributed by atoms with E-state index in [1.165, 1.54) is 24.0 Å². The molecule has 2 aliphatic rings. The molecular weight excluding hydrogens is 356 g/mol. The molecule has 0 aromatic heterocycles. The number of amides is 1. The number of piperidine rings is 1. The number of hydrogen-bond donors (Lipinski definition) is 0. The molecule has 0 atom stereocenters. The average Bonchev–Trinajstić information content (AvgIpc) is 3.30. The van der Waals surface area contributed by atoms with Crippen molar-refractivity contribution in [3.63, 3.8) is 0 Å². The molecule has 3 heteroatoms. The van der Waals surface area contributed by atoms with E-state index in [2.05, 4.69) is 71.3 Å². The minimum atomic E-state index is 0.229. The van der Waals surface area contributed by atoms with Crippen molar-refractivity contribution in [1.82, 2.24) is 4.90 Å². The number of carbonyl (C=O) groups excluding carboxylic acids is 1. The maximum atomic E-state index is 13.4. The largest absolute Gasteiger partial charge is 0.309 e. The molecule has 2 fully saturated rings. The molecule has 0 radical (unpaired) electrons. The van der Waals surface area contributed by atoms with Crippen LogP contribution in [-0.4, -0.2) is 36.5 Å². The highest BCUT2D eigenvalue weighted by Crippen LogP contribution is 2.32. The predicted octanol–water partition coefficient (Wildman–Crippen LogP) is 5.23. The number of carbonyl (C=O) groups is 1. The first kappa shape index (κ1) is 20.2. The lowest BCUT2D eigenvalue weighted by Crippen LogP contribution is -2.49. The van der Waals surface area contributed by atoms with Crippen LogP contribution >= 0.6 is 0 Å². The number of hydrogen-bond acceptors (Lipinski definition) is 2. The molecule has 2 aromatic carbocycles. The zero-order valence-corrected chi connectivity index (χ0v) is 17.7. The van der Waals surface area contributed by atoms with Gasteiger partial charge in [0.2, 0.25) is 5.91 Å². The third-order valence-corrected chi connectivity index (χ3v) is 6.74. The fourth-order valence-electron chi connectivity index (χ4n) is 4.93. The summed E-state index contributed by atoms with van der Waals surface area (Å²) in [5, 5.41) is 0. The van der Waals surface area contributed by atoms with Crippen LogP contribution in [0.3, 0.4) is 0 Å². The molecule has 1 amide bonds. The van der Waals surface area contributed by atoms with Gasteiger partial charge in [0.15, 0.2) is 0 Å². The van der Waals surface area contributed by atoms with Crippen LogP contribution in [0.1, 0.15) is 49.7 Å². The summed E-state index contributed by atoms with van der Waals surface area (Å²) in [6, 6.07) is 19.6. The third kappa shape index (κ3) is 5.08. The lowest BCUT2D eigenvalue weighted by molar-refractivity contribution is -0.122. The van der Waals surface area contributed by atoms with E-state index in [1.807, 2.05) is 0 Å². The normalized spacial score (nSPS) is 18.8. The van der Waals surface area contributed by atoms with Gasteiger partial charge in [-0.15, -0.1) is 0 Å². The summed E-state index contributed by atoms with van der Waals surface area (Å²) in [4.78, 5) is 18.2. The Labute approximate surface area is 175 Å². The lowest BCUT2D eigenvalue weighted by Gasteiger charge is -2.39. The average molecular weight is 391 g/mol. The molecule has 154 valence electrons. The Bertz CT molecular complexity index is 772. The van der Waals surface area contributed by atoms with Crippen molar-refractivity contribution in [1.29, 1.82) is 0 Å². The van der Waals surface area contributed by atoms with Gasteiger partial charge in [0.1, 0.15) is 0 Å². The minimum absolute atomic E-state index is 0.229. The first-order valence-electron chi connectivity index (χ1n) is 11.4. The van der Waals surface area contributed by atoms with E-state index < -0.39 is 0 Å². The molecule has 1 aliphatic heterocycles. The van der Waals surface area contributed by atoms with Crippen LogP contribution in [0.2, 0.25) is 0 Å². The molecule has 1 heterocycles. The monoisotopic (exact) mass is 390 g/mol. The molecule has 0 N–H and O–H groups in total. The molecule has 4 rings (SSSR count). The number of likely N-dealkylation sites (tertiary alicyclic amines) is 1. The van der Waals surface area contributed by atoms with E-state index in [1.54, 1.807) is 0 Å². The van der Waals surface area contributed by atoms with Crippen LogP contribution in [-0.2, 0) is 11.2 Å². The van der Waals surface area contributed by atoms with Gasteiger partial charge in [-0.3, -0.25) is 4.79 Å². The molecule has 0 spiro atoms. The van der Waals surface area contributed by atoms with Crippen molar-refractivity contribution >= 4 is 11.6 Å². The molecule has 1 aliphatic carbocycles. The summed E-state index contributed by atoms with van der Waals surface area (Å²) in [6.07, 6.45) is 7.79. The van der Waals surface area contributed by atoms with E-state index in [-0.39, 0.29) is 5.92 Å². The number of benzene rings is 2. The fraction of sp³-hybridized carbons (Fsp3) is 0.500. The van der Waals surface area contributed by atoms with Crippen LogP contribution < -0.4 is 4.90 Å². The van der Waals surface area contributed by atoms with Gasteiger partial charge in [0, 0.05) is 37.3 Å². The SMILES string of the molecule is Cc1ccc(N(C(=O)C2CCCC2)C2CCN(CCc3ccccc3)CC2)cc1. The molecule has 3 nitrogen and oxygen atoms in total. The van der Waals surface area contributed by atoms with E-state index in [0.717, 1.165) is 57.4 Å². The molecule has 1 saturated carbocycles. The molecular formula is C26H34N2O. The second-order valence-corrected chi connectivity index (χ2v) is 8.83. The number of aryl methyl sites for hydroxylation is 1. The first-order chi connectivity index (χ1) is 14.2. The first-order valence-corrected chi connectivity index (χ1v) is 11.4. The topological polar surface area (TPSA) is 23.6 Å². The van der Waals surface area contributed by atoms with Crippen molar-refractivity contribution in [2.75, 3.05) is 24.5 Å². The Hall–Kier alpha value is -2.13. The van der Waals surface area contributed by atoms with Crippen molar-refractivity contribution in [3.8, 4) is 0 Å². The number of nitrogens with zero attached hydrogens (tertiary/aromatic N) is 2. The maximum absolute atomic E-state index is 13.4. The maximum Gasteiger partial charge on any atom is 0.230 e. The second kappa shape index (κ2) is 9.58. The molecule has 29 heavy (non-hydrogen) atoms. The summed E-state index contributed by atoms with van der Waals surface area (Å²) < 4.78 is 0. The third-order valence-electron chi connectivity index (χ3n) is 6.74. The Morgan fingerprint density at radius 2 is 1.59 bits per heavy atom. The Balaban J connectivity index is 1.40. The minimum Gasteiger partial charge on any atom is -0.309 e. The molecule has 1 saturated heterocycles. The Morgan fingerprint density at radius 1 is 0.931 bits per heavy atom. The summed E-state index contributed by atoms with van der Waals surface area (Å²) >= 11 is 0. The van der Waals surface area contributed by atoms with Gasteiger partial charge >= 0.3 is 0 Å². The van der Waals surface area contributed by atoms with Crippen molar-refractivity contribution in [2.45, 2.75) is 57.9 Å². The smallest absolute Gasteiger partial charge is 0.230 e. The van der Waals surface area contributed by atoms with E-state index in [0.29, 0.717) is 11.9 Å². The summed E-state index contributed by atoms with van der Waals surface area (Å²) in [5.74, 6) is 0.599. The van der Waals surface area contributed by atoms with Gasteiger partial charge in [-0.2, -0.15) is 0 Å². The molecule has 0 unspecified atom stereocenters. The van der Waals surface area contributed by atoms with Gasteiger partial charge in [-0.25, -0.2) is 0 Å². The summed E-state index contributed by atoms with van der Waals surface area (Å²) in [6.45, 7) is 5.38. The highest BCUT2D eigenvalue weighted by molar-refractivity contribution is 5.95. The quantitative estimate of drug-likeness (QED) is 0.675. The second-order valence-electron chi connectivity index (χ2n) is 8.83. The standard InChI is InChI=1S/C26H34N2O/c1-21-11-13-24(14-12-21)28(26(29)23-9-5-6-10-23)25-16-19-27(20-17-25)18-15-22-7-3-2-4-8-22/h2-4,7-8,11-14,23,25H,5-6,9-10,15-20H2,1H3. The van der Waals surface area contributed by atoms with Gasteiger partial charge in [-0.05, 0) is 56.7 Å². The summed E-state index contributed by atoms with van der Waals surface area (Å²) in [7, 11) is 0. The molecule has 0 bridgehead atoms. The van der Waals surface area contributed by atoms with Crippen LogP contribution in [0.15, 0.2) is 54.6 Å². The highest BCUT2D eigenvalue weighted by atomic mass is 16.2. The van der Waals surface area contributed by atoms with Crippen molar-refractivity contribution in [3.05, 3.63) is 65.7 Å². The predicted molar refractivity (Wildman–Crippen MR) is 120 cm³/mol. The Kier molecular flexibility index (Phi) is 6.66. The van der Waals surface area contributed by atoms with Gasteiger partial charge in [0.25, 0.3) is 0 Å². The zero-order valence-electron chi connectivity index (χ0n) is 17.7. The summed E-state index contributed by atoms with van der Waals surface area (Å²) in [5.41, 5.74) is 3.75. The van der Waals surface area contributed by atoms with Gasteiger partial charge < -0.3 is 9.80 Å². The van der Waals surface area contributed by atoms with Crippen molar-refractivity contribution < 1.29 is 4.79 Å². The highest BCUT2D eigenvalue weighted by Gasteiger charge is 2.34. The number of rotatable bonds is 6. The van der Waals surface area contributed by atoms with Crippen LogP contribution in [0.5, 0.6) is 0 Å².